The third-order valence-corrected chi connectivity index (χ3v) is 6.59. The van der Waals surface area contributed by atoms with Crippen LogP contribution in [0.3, 0.4) is 0 Å². The van der Waals surface area contributed by atoms with Crippen LogP contribution in [0.4, 0.5) is 17.6 Å². The molecule has 1 saturated carbocycles. The van der Waals surface area contributed by atoms with Crippen molar-refractivity contribution >= 4 is 33.5 Å². The normalized spacial score (nSPS) is 15.0. The number of hydrogen-bond donors (Lipinski definition) is 2. The van der Waals surface area contributed by atoms with E-state index in [2.05, 4.69) is 9.71 Å². The van der Waals surface area contributed by atoms with E-state index in [1.54, 1.807) is 12.1 Å². The second-order valence-corrected chi connectivity index (χ2v) is 9.21. The van der Waals surface area contributed by atoms with Crippen LogP contribution in [0.5, 0.6) is 0 Å². The van der Waals surface area contributed by atoms with Crippen molar-refractivity contribution in [2.75, 3.05) is 6.54 Å². The zero-order chi connectivity index (χ0) is 23.1. The number of hydrogen-bond acceptors (Lipinski definition) is 4. The Morgan fingerprint density at radius 1 is 1.18 bits per heavy atom. The molecule has 1 aromatic heterocycles. The van der Waals surface area contributed by atoms with Crippen LogP contribution < -0.4 is 10.5 Å². The number of para-hydroxylation sites is 1. The summed E-state index contributed by atoms with van der Waals surface area (Å²) < 4.78 is 83.0. The molecule has 0 atom stereocenters. The van der Waals surface area contributed by atoms with Gasteiger partial charge < -0.3 is 10.3 Å². The molecule has 1 heterocycles. The number of fused-ring (bicyclic) bond motifs is 1. The van der Waals surface area contributed by atoms with Crippen molar-refractivity contribution in [1.82, 2.24) is 14.3 Å². The van der Waals surface area contributed by atoms with Gasteiger partial charge in [-0.3, -0.25) is 0 Å². The van der Waals surface area contributed by atoms with E-state index >= 15 is 0 Å². The smallest absolute Gasteiger partial charge is 0.327 e. The summed E-state index contributed by atoms with van der Waals surface area (Å²) in [4.78, 5) is 3.84. The van der Waals surface area contributed by atoms with E-state index < -0.39 is 34.4 Å². The first kappa shape index (κ1) is 25.2. The van der Waals surface area contributed by atoms with Crippen LogP contribution in [-0.2, 0) is 22.7 Å². The van der Waals surface area contributed by atoms with Gasteiger partial charge in [0.15, 0.2) is 0 Å². The fraction of sp³-hybridized carbons (Fsp3) is 0.286. The fourth-order valence-corrected chi connectivity index (χ4v) is 4.71. The molecule has 3 N–H and O–H groups in total. The van der Waals surface area contributed by atoms with Gasteiger partial charge in [0, 0.05) is 18.2 Å². The number of aromatic nitrogens is 2. The zero-order valence-corrected chi connectivity index (χ0v) is 18.8. The average Bonchev–Trinajstić information content (AvgIpc) is 3.45. The summed E-state index contributed by atoms with van der Waals surface area (Å²) in [6.45, 7) is -0.800. The largest absolute Gasteiger partial charge is 0.449 e. The molecule has 178 valence electrons. The molecule has 6 nitrogen and oxygen atoms in total. The third kappa shape index (κ3) is 5.37. The summed E-state index contributed by atoms with van der Waals surface area (Å²) in [5, 5.41) is 0. The number of alkyl halides is 3. The fourth-order valence-electron chi connectivity index (χ4n) is 3.40. The van der Waals surface area contributed by atoms with Gasteiger partial charge in [-0.15, -0.1) is 12.4 Å². The highest BCUT2D eigenvalue weighted by Gasteiger charge is 2.38. The Morgan fingerprint density at radius 3 is 2.42 bits per heavy atom. The van der Waals surface area contributed by atoms with Gasteiger partial charge in [-0.1, -0.05) is 24.3 Å². The summed E-state index contributed by atoms with van der Waals surface area (Å²) in [5.74, 6) is -2.03. The minimum absolute atomic E-state index is 0. The van der Waals surface area contributed by atoms with Crippen molar-refractivity contribution in [2.24, 2.45) is 5.73 Å². The highest BCUT2D eigenvalue weighted by molar-refractivity contribution is 7.89. The van der Waals surface area contributed by atoms with Crippen molar-refractivity contribution < 1.29 is 26.0 Å². The maximum Gasteiger partial charge on any atom is 0.449 e. The molecule has 12 heteroatoms. The maximum absolute atomic E-state index is 14.0. The number of nitrogens with two attached hydrogens (primary N) is 1. The van der Waals surface area contributed by atoms with Crippen molar-refractivity contribution in [1.29, 1.82) is 0 Å². The number of rotatable bonds is 7. The van der Waals surface area contributed by atoms with Crippen LogP contribution in [0.2, 0.25) is 0 Å². The molecule has 0 spiro atoms. The molecule has 33 heavy (non-hydrogen) atoms. The Labute approximate surface area is 193 Å². The second-order valence-electron chi connectivity index (χ2n) is 7.50. The molecule has 0 radical (unpaired) electrons. The van der Waals surface area contributed by atoms with E-state index in [9.17, 15) is 26.0 Å². The first-order valence-electron chi connectivity index (χ1n) is 9.84. The van der Waals surface area contributed by atoms with Gasteiger partial charge in [0.1, 0.15) is 5.83 Å². The molecular weight excluding hydrogens is 484 g/mol. The van der Waals surface area contributed by atoms with E-state index in [0.29, 0.717) is 11.1 Å². The molecule has 0 bridgehead atoms. The molecule has 0 unspecified atom stereocenters. The Kier molecular flexibility index (Phi) is 7.18. The van der Waals surface area contributed by atoms with Gasteiger partial charge in [-0.2, -0.15) is 13.2 Å². The van der Waals surface area contributed by atoms with Gasteiger partial charge in [0.05, 0.1) is 22.5 Å². The topological polar surface area (TPSA) is 90.0 Å². The van der Waals surface area contributed by atoms with Crippen LogP contribution in [-0.4, -0.2) is 30.6 Å². The lowest BCUT2D eigenvalue weighted by Crippen LogP contribution is -2.25. The zero-order valence-electron chi connectivity index (χ0n) is 17.1. The van der Waals surface area contributed by atoms with Crippen molar-refractivity contribution in [3.63, 3.8) is 0 Å². The number of nitrogens with zero attached hydrogens (tertiary/aromatic N) is 2. The summed E-state index contributed by atoms with van der Waals surface area (Å²) in [6, 6.07) is 10.3. The van der Waals surface area contributed by atoms with E-state index in [1.165, 1.54) is 30.3 Å². The van der Waals surface area contributed by atoms with Crippen LogP contribution in [0.1, 0.15) is 18.7 Å². The molecule has 4 rings (SSSR count). The molecule has 0 aliphatic heterocycles. The first-order chi connectivity index (χ1) is 15.1. The highest BCUT2D eigenvalue weighted by Crippen LogP contribution is 2.36. The summed E-state index contributed by atoms with van der Waals surface area (Å²) in [6.07, 6.45) is -2.20. The maximum atomic E-state index is 14.0. The van der Waals surface area contributed by atoms with Gasteiger partial charge in [-0.05, 0) is 42.7 Å². The van der Waals surface area contributed by atoms with E-state index in [1.807, 2.05) is 0 Å². The standard InChI is InChI=1S/C21H20F4N4O2S.ClH/c22-14(10-11-26)12-29-18-3-1-2-17(19(18)27-20(29)21(23,24)25)13-4-8-16(9-5-13)32(30,31)28-15-6-7-15;/h1-5,8-10,15,28H,6-7,11-12,26H2;1H/b14-10-;. The summed E-state index contributed by atoms with van der Waals surface area (Å²) in [7, 11) is -3.66. The lowest BCUT2D eigenvalue weighted by Gasteiger charge is -2.10. The number of imidazole rings is 1. The minimum Gasteiger partial charge on any atom is -0.327 e. The van der Waals surface area contributed by atoms with Gasteiger partial charge >= 0.3 is 6.18 Å². The van der Waals surface area contributed by atoms with E-state index in [0.717, 1.165) is 23.5 Å². The van der Waals surface area contributed by atoms with E-state index in [4.69, 9.17) is 5.73 Å². The predicted molar refractivity (Wildman–Crippen MR) is 119 cm³/mol. The molecule has 1 aliphatic rings. The number of nitrogens with one attached hydrogen (secondary N) is 1. The van der Waals surface area contributed by atoms with Crippen LogP contribution >= 0.6 is 12.4 Å². The first-order valence-corrected chi connectivity index (χ1v) is 11.3. The van der Waals surface area contributed by atoms with Gasteiger partial charge in [0.25, 0.3) is 0 Å². The molecular formula is C21H21ClF4N4O2S. The van der Waals surface area contributed by atoms with Crippen molar-refractivity contribution in [3.8, 4) is 11.1 Å². The molecule has 1 aliphatic carbocycles. The Balaban J connectivity index is 0.00000306. The van der Waals surface area contributed by atoms with Crippen LogP contribution in [0, 0.1) is 0 Å². The molecule has 2 aromatic carbocycles. The highest BCUT2D eigenvalue weighted by atomic mass is 35.5. The van der Waals surface area contributed by atoms with Crippen molar-refractivity contribution in [3.05, 3.63) is 60.2 Å². The summed E-state index contributed by atoms with van der Waals surface area (Å²) >= 11 is 0. The molecule has 0 amide bonds. The third-order valence-electron chi connectivity index (χ3n) is 5.06. The average molecular weight is 505 g/mol. The second kappa shape index (κ2) is 9.41. The molecule has 1 fully saturated rings. The summed E-state index contributed by atoms with van der Waals surface area (Å²) in [5.41, 5.74) is 6.24. The number of allylic oxidation sites excluding steroid dienone is 1. The van der Waals surface area contributed by atoms with Crippen molar-refractivity contribution in [2.45, 2.75) is 36.5 Å². The Hall–Kier alpha value is -2.47. The quantitative estimate of drug-likeness (QED) is 0.467. The predicted octanol–water partition coefficient (Wildman–Crippen LogP) is 4.40. The monoisotopic (exact) mass is 504 g/mol. The lowest BCUT2D eigenvalue weighted by atomic mass is 10.0. The Bertz CT molecular complexity index is 1280. The van der Waals surface area contributed by atoms with Crippen LogP contribution in [0.15, 0.2) is 59.3 Å². The number of sulfonamides is 1. The van der Waals surface area contributed by atoms with Gasteiger partial charge in [0.2, 0.25) is 15.8 Å². The molecule has 3 aromatic rings. The minimum atomic E-state index is -4.80. The number of halogens is 5. The Morgan fingerprint density at radius 2 is 1.85 bits per heavy atom. The van der Waals surface area contributed by atoms with Crippen LogP contribution in [0.25, 0.3) is 22.2 Å². The molecule has 0 saturated heterocycles. The lowest BCUT2D eigenvalue weighted by molar-refractivity contribution is -0.146. The SMILES string of the molecule is Cl.NC/C=C(\F)Cn1c(C(F)(F)F)nc2c(-c3ccc(S(=O)(=O)NC4CC4)cc3)cccc21. The number of benzene rings is 2. The van der Waals surface area contributed by atoms with E-state index in [-0.39, 0.29) is 40.9 Å². The van der Waals surface area contributed by atoms with Gasteiger partial charge in [-0.25, -0.2) is 22.5 Å².